The van der Waals surface area contributed by atoms with Crippen LogP contribution >= 0.6 is 0 Å². The Kier molecular flexibility index (Phi) is 6.40. The van der Waals surface area contributed by atoms with E-state index in [-0.39, 0.29) is 34.4 Å². The van der Waals surface area contributed by atoms with Crippen molar-refractivity contribution >= 4 is 27.3 Å². The zero-order chi connectivity index (χ0) is 22.7. The summed E-state index contributed by atoms with van der Waals surface area (Å²) in [6.45, 7) is 2.43. The number of non-ortho nitro benzene ring substituents is 1. The lowest BCUT2D eigenvalue weighted by Crippen LogP contribution is -2.41. The minimum Gasteiger partial charge on any atom is -0.350 e. The molecule has 11 heteroatoms. The Balaban J connectivity index is 1.38. The van der Waals surface area contributed by atoms with Crippen LogP contribution in [0.15, 0.2) is 53.4 Å². The van der Waals surface area contributed by atoms with Crippen LogP contribution in [0.3, 0.4) is 0 Å². The molecule has 0 aliphatic carbocycles. The standard InChI is InChI=1S/C21H23N3O7S/c25-20(23-10-8-16(9-11-23)21-30-12-13-31-21)15-4-6-17(7-5-15)22-32(28,29)19-3-1-2-18(14-19)24(26)27/h1-7,14,16,21-22H,8-13H2. The van der Waals surface area contributed by atoms with Gasteiger partial charge in [0.15, 0.2) is 6.29 Å². The highest BCUT2D eigenvalue weighted by atomic mass is 32.2. The van der Waals surface area contributed by atoms with E-state index in [9.17, 15) is 23.3 Å². The average Bonchev–Trinajstić information content (AvgIpc) is 3.34. The molecule has 2 aromatic rings. The fourth-order valence-electron chi connectivity index (χ4n) is 3.87. The third-order valence-corrected chi connectivity index (χ3v) is 6.96. The number of nitro groups is 1. The van der Waals surface area contributed by atoms with Gasteiger partial charge in [0.1, 0.15) is 0 Å². The van der Waals surface area contributed by atoms with Crippen LogP contribution in [0.5, 0.6) is 0 Å². The molecule has 2 heterocycles. The quantitative estimate of drug-likeness (QED) is 0.517. The van der Waals surface area contributed by atoms with Crippen LogP contribution in [0.2, 0.25) is 0 Å². The van der Waals surface area contributed by atoms with E-state index in [2.05, 4.69) is 4.72 Å². The molecular weight excluding hydrogens is 438 g/mol. The number of hydrogen-bond donors (Lipinski definition) is 1. The number of carbonyl (C=O) groups is 1. The lowest BCUT2D eigenvalue weighted by Gasteiger charge is -2.33. The number of benzene rings is 2. The second kappa shape index (κ2) is 9.23. The Morgan fingerprint density at radius 2 is 1.72 bits per heavy atom. The first-order valence-corrected chi connectivity index (χ1v) is 11.7. The molecule has 0 aromatic heterocycles. The van der Waals surface area contributed by atoms with Crippen LogP contribution in [-0.4, -0.2) is 56.7 Å². The lowest BCUT2D eigenvalue weighted by atomic mass is 9.95. The van der Waals surface area contributed by atoms with Crippen molar-refractivity contribution in [3.8, 4) is 0 Å². The minimum atomic E-state index is -4.01. The first kappa shape index (κ1) is 22.2. The Hall–Kier alpha value is -3.02. The molecule has 2 aliphatic rings. The minimum absolute atomic E-state index is 0.121. The highest BCUT2D eigenvalue weighted by molar-refractivity contribution is 7.92. The number of carbonyl (C=O) groups excluding carboxylic acids is 1. The normalized spacial score (nSPS) is 17.9. The van der Waals surface area contributed by atoms with Gasteiger partial charge in [-0.3, -0.25) is 19.6 Å². The summed E-state index contributed by atoms with van der Waals surface area (Å²) in [5.41, 5.74) is 0.390. The van der Waals surface area contributed by atoms with Crippen LogP contribution in [0.1, 0.15) is 23.2 Å². The monoisotopic (exact) mass is 461 g/mol. The van der Waals surface area contributed by atoms with Crippen molar-refractivity contribution in [3.05, 3.63) is 64.2 Å². The van der Waals surface area contributed by atoms with Gasteiger partial charge >= 0.3 is 0 Å². The molecule has 0 spiro atoms. The lowest BCUT2D eigenvalue weighted by molar-refractivity contribution is -0.385. The van der Waals surface area contributed by atoms with Gasteiger partial charge in [-0.25, -0.2) is 8.42 Å². The number of nitrogens with zero attached hydrogens (tertiary/aromatic N) is 2. The molecule has 0 bridgehead atoms. The molecule has 4 rings (SSSR count). The maximum atomic E-state index is 12.8. The summed E-state index contributed by atoms with van der Waals surface area (Å²) < 4.78 is 38.6. The second-order valence-electron chi connectivity index (χ2n) is 7.68. The number of sulfonamides is 1. The summed E-state index contributed by atoms with van der Waals surface area (Å²) in [5.74, 6) is 0.164. The van der Waals surface area contributed by atoms with Gasteiger partial charge in [0, 0.05) is 42.4 Å². The first-order valence-electron chi connectivity index (χ1n) is 10.2. The van der Waals surface area contributed by atoms with Gasteiger partial charge in [0.25, 0.3) is 21.6 Å². The fraction of sp³-hybridized carbons (Fsp3) is 0.381. The van der Waals surface area contributed by atoms with Crippen molar-refractivity contribution in [2.75, 3.05) is 31.0 Å². The van der Waals surface area contributed by atoms with E-state index >= 15 is 0 Å². The van der Waals surface area contributed by atoms with Crippen molar-refractivity contribution in [1.82, 2.24) is 4.90 Å². The Morgan fingerprint density at radius 3 is 2.34 bits per heavy atom. The summed E-state index contributed by atoms with van der Waals surface area (Å²) in [7, 11) is -4.01. The zero-order valence-corrected chi connectivity index (χ0v) is 18.0. The van der Waals surface area contributed by atoms with Crippen molar-refractivity contribution in [3.63, 3.8) is 0 Å². The van der Waals surface area contributed by atoms with Gasteiger partial charge in [-0.2, -0.15) is 0 Å². The summed E-state index contributed by atoms with van der Waals surface area (Å²) >= 11 is 0. The van der Waals surface area contributed by atoms with Crippen molar-refractivity contribution < 1.29 is 27.6 Å². The summed E-state index contributed by atoms with van der Waals surface area (Å²) in [6.07, 6.45) is 1.43. The predicted molar refractivity (Wildman–Crippen MR) is 115 cm³/mol. The molecule has 32 heavy (non-hydrogen) atoms. The molecule has 10 nitrogen and oxygen atoms in total. The summed E-state index contributed by atoms with van der Waals surface area (Å²) in [5, 5.41) is 10.9. The van der Waals surface area contributed by atoms with E-state index in [1.54, 1.807) is 17.0 Å². The van der Waals surface area contributed by atoms with Gasteiger partial charge in [-0.15, -0.1) is 0 Å². The Morgan fingerprint density at radius 1 is 1.06 bits per heavy atom. The molecule has 2 aliphatic heterocycles. The van der Waals surface area contributed by atoms with E-state index in [0.717, 1.165) is 18.9 Å². The van der Waals surface area contributed by atoms with E-state index in [4.69, 9.17) is 9.47 Å². The Bertz CT molecular complexity index is 1090. The highest BCUT2D eigenvalue weighted by Gasteiger charge is 2.32. The van der Waals surface area contributed by atoms with E-state index in [1.165, 1.54) is 30.3 Å². The molecule has 0 saturated carbocycles. The number of amides is 1. The van der Waals surface area contributed by atoms with Crippen LogP contribution in [0.25, 0.3) is 0 Å². The molecular formula is C21H23N3O7S. The predicted octanol–water partition coefficient (Wildman–Crippen LogP) is 2.62. The average molecular weight is 461 g/mol. The van der Waals surface area contributed by atoms with Crippen molar-refractivity contribution in [1.29, 1.82) is 0 Å². The number of likely N-dealkylation sites (tertiary alicyclic amines) is 1. The third-order valence-electron chi connectivity index (χ3n) is 5.58. The number of rotatable bonds is 6. The van der Waals surface area contributed by atoms with Crippen LogP contribution < -0.4 is 4.72 Å². The topological polar surface area (TPSA) is 128 Å². The number of nitrogens with one attached hydrogen (secondary N) is 1. The molecule has 2 aromatic carbocycles. The molecule has 0 radical (unpaired) electrons. The van der Waals surface area contributed by atoms with Crippen LogP contribution in [0.4, 0.5) is 11.4 Å². The largest absolute Gasteiger partial charge is 0.350 e. The number of hydrogen-bond acceptors (Lipinski definition) is 7. The number of nitro benzene ring substituents is 1. The van der Waals surface area contributed by atoms with Gasteiger partial charge in [-0.1, -0.05) is 6.07 Å². The molecule has 170 valence electrons. The van der Waals surface area contributed by atoms with Crippen LogP contribution in [-0.2, 0) is 19.5 Å². The first-order chi connectivity index (χ1) is 15.3. The summed E-state index contributed by atoms with van der Waals surface area (Å²) in [6, 6.07) is 10.9. The van der Waals surface area contributed by atoms with Gasteiger partial charge in [-0.05, 0) is 43.2 Å². The number of piperidine rings is 1. The van der Waals surface area contributed by atoms with Gasteiger partial charge in [0.05, 0.1) is 23.0 Å². The van der Waals surface area contributed by atoms with Gasteiger partial charge in [0.2, 0.25) is 0 Å². The maximum absolute atomic E-state index is 12.8. The summed E-state index contributed by atoms with van der Waals surface area (Å²) in [4.78, 5) is 24.6. The zero-order valence-electron chi connectivity index (χ0n) is 17.2. The van der Waals surface area contributed by atoms with E-state index in [1.807, 2.05) is 0 Å². The number of ether oxygens (including phenoxy) is 2. The highest BCUT2D eigenvalue weighted by Crippen LogP contribution is 2.27. The Labute approximate surface area is 185 Å². The smallest absolute Gasteiger partial charge is 0.270 e. The molecule has 2 saturated heterocycles. The molecule has 0 atom stereocenters. The molecule has 2 fully saturated rings. The van der Waals surface area contributed by atoms with Crippen molar-refractivity contribution in [2.45, 2.75) is 24.0 Å². The van der Waals surface area contributed by atoms with Crippen molar-refractivity contribution in [2.24, 2.45) is 5.92 Å². The maximum Gasteiger partial charge on any atom is 0.270 e. The number of anilines is 1. The van der Waals surface area contributed by atoms with E-state index in [0.29, 0.717) is 31.9 Å². The second-order valence-corrected chi connectivity index (χ2v) is 9.36. The van der Waals surface area contributed by atoms with Gasteiger partial charge < -0.3 is 14.4 Å². The molecule has 1 amide bonds. The molecule has 0 unspecified atom stereocenters. The fourth-order valence-corrected chi connectivity index (χ4v) is 4.96. The molecule has 1 N–H and O–H groups in total. The third kappa shape index (κ3) is 4.90. The van der Waals surface area contributed by atoms with E-state index < -0.39 is 14.9 Å². The SMILES string of the molecule is O=C(c1ccc(NS(=O)(=O)c2cccc([N+](=O)[O-])c2)cc1)N1CCC(C2OCCO2)CC1. The van der Waals surface area contributed by atoms with Crippen LogP contribution in [0, 0.1) is 16.0 Å².